The molecule has 0 aliphatic carbocycles. The molecule has 3 rings (SSSR count). The number of carbonyl (C=O) groups is 3. The van der Waals surface area contributed by atoms with Gasteiger partial charge in [-0.2, -0.15) is 0 Å². The van der Waals surface area contributed by atoms with Crippen molar-refractivity contribution in [3.05, 3.63) is 71.8 Å². The standard InChI is InChI=1S/C35H52N4O5/c1-24(2)31(33(42)39-19-17-28(36-6)18-20-39)38-32(41)27(21-25-13-9-7-10-14-25)23-30(40)29(22-26-15-11-8-12-16-26)37-34(43)44-35(3,4)5/h7-16,24,27-31,36,40H,17-23H2,1-6H3,(H,37,43)(H,38,41)/t27-,29+,30-,31-/m0/s1. The summed E-state index contributed by atoms with van der Waals surface area (Å²) in [6.45, 7) is 10.5. The monoisotopic (exact) mass is 608 g/mol. The topological polar surface area (TPSA) is 120 Å². The van der Waals surface area contributed by atoms with Gasteiger partial charge in [0.1, 0.15) is 11.6 Å². The minimum Gasteiger partial charge on any atom is -0.444 e. The van der Waals surface area contributed by atoms with Crippen molar-refractivity contribution < 1.29 is 24.2 Å². The van der Waals surface area contributed by atoms with E-state index in [2.05, 4.69) is 16.0 Å². The highest BCUT2D eigenvalue weighted by molar-refractivity contribution is 5.89. The first-order chi connectivity index (χ1) is 20.9. The minimum absolute atomic E-state index is 0.0736. The van der Waals surface area contributed by atoms with Crippen molar-refractivity contribution in [3.63, 3.8) is 0 Å². The van der Waals surface area contributed by atoms with Crippen LogP contribution in [0.3, 0.4) is 0 Å². The van der Waals surface area contributed by atoms with Crippen LogP contribution in [0, 0.1) is 11.8 Å². The van der Waals surface area contributed by atoms with Crippen molar-refractivity contribution >= 4 is 17.9 Å². The maximum absolute atomic E-state index is 14.0. The van der Waals surface area contributed by atoms with E-state index in [4.69, 9.17) is 4.74 Å². The van der Waals surface area contributed by atoms with Crippen LogP contribution in [-0.4, -0.2) is 77.9 Å². The van der Waals surface area contributed by atoms with Gasteiger partial charge in [0.25, 0.3) is 0 Å². The quantitative estimate of drug-likeness (QED) is 0.272. The number of aliphatic hydroxyl groups is 1. The number of likely N-dealkylation sites (tertiary alicyclic amines) is 1. The summed E-state index contributed by atoms with van der Waals surface area (Å²) >= 11 is 0. The van der Waals surface area contributed by atoms with Crippen molar-refractivity contribution in [2.75, 3.05) is 20.1 Å². The Balaban J connectivity index is 1.81. The summed E-state index contributed by atoms with van der Waals surface area (Å²) < 4.78 is 5.49. The number of piperidine rings is 1. The number of hydrogen-bond acceptors (Lipinski definition) is 6. The maximum Gasteiger partial charge on any atom is 0.407 e. The molecule has 1 saturated heterocycles. The summed E-state index contributed by atoms with van der Waals surface area (Å²) in [7, 11) is 1.94. The highest BCUT2D eigenvalue weighted by Crippen LogP contribution is 2.21. The molecule has 1 aliphatic heterocycles. The third kappa shape index (κ3) is 11.2. The van der Waals surface area contributed by atoms with Crippen LogP contribution in [0.25, 0.3) is 0 Å². The Hall–Kier alpha value is -3.43. The third-order valence-electron chi connectivity index (χ3n) is 8.13. The molecule has 4 atom stereocenters. The van der Waals surface area contributed by atoms with E-state index >= 15 is 0 Å². The van der Waals surface area contributed by atoms with Gasteiger partial charge in [-0.05, 0) is 77.0 Å². The molecule has 3 amide bonds. The van der Waals surface area contributed by atoms with Crippen LogP contribution < -0.4 is 16.0 Å². The first kappa shape index (κ1) is 35.1. The second kappa shape index (κ2) is 16.6. The second-order valence-electron chi connectivity index (χ2n) is 13.3. The molecule has 0 saturated carbocycles. The van der Waals surface area contributed by atoms with Crippen LogP contribution in [0.4, 0.5) is 4.79 Å². The zero-order valence-corrected chi connectivity index (χ0v) is 27.2. The number of aliphatic hydroxyl groups excluding tert-OH is 1. The molecule has 0 bridgehead atoms. The van der Waals surface area contributed by atoms with Gasteiger partial charge in [0, 0.05) is 25.0 Å². The molecule has 4 N–H and O–H groups in total. The Morgan fingerprint density at radius 3 is 1.95 bits per heavy atom. The average Bonchev–Trinajstić information content (AvgIpc) is 2.98. The van der Waals surface area contributed by atoms with E-state index in [9.17, 15) is 19.5 Å². The van der Waals surface area contributed by atoms with Crippen LogP contribution >= 0.6 is 0 Å². The lowest BCUT2D eigenvalue weighted by atomic mass is 9.88. The molecule has 0 spiro atoms. The van der Waals surface area contributed by atoms with Gasteiger partial charge in [0.15, 0.2) is 0 Å². The van der Waals surface area contributed by atoms with Gasteiger partial charge < -0.3 is 30.7 Å². The molecule has 1 aliphatic rings. The number of hydrogen-bond donors (Lipinski definition) is 4. The van der Waals surface area contributed by atoms with E-state index in [-0.39, 0.29) is 24.2 Å². The van der Waals surface area contributed by atoms with Crippen LogP contribution in [0.15, 0.2) is 60.7 Å². The van der Waals surface area contributed by atoms with Crippen LogP contribution in [-0.2, 0) is 27.2 Å². The Morgan fingerprint density at radius 2 is 1.45 bits per heavy atom. The number of nitrogens with zero attached hydrogens (tertiary/aromatic N) is 1. The number of carbonyl (C=O) groups excluding carboxylic acids is 3. The molecule has 1 heterocycles. The van der Waals surface area contributed by atoms with E-state index in [1.165, 1.54) is 0 Å². The predicted molar refractivity (Wildman–Crippen MR) is 173 cm³/mol. The van der Waals surface area contributed by atoms with Crippen molar-refractivity contribution in [2.45, 2.75) is 96.6 Å². The number of alkyl carbamates (subject to hydrolysis) is 1. The molecule has 9 heteroatoms. The molecule has 9 nitrogen and oxygen atoms in total. The third-order valence-corrected chi connectivity index (χ3v) is 8.13. The summed E-state index contributed by atoms with van der Waals surface area (Å²) in [5.41, 5.74) is 1.17. The SMILES string of the molecule is CNC1CCN(C(=O)[C@@H](NC(=O)[C@@H](Cc2ccccc2)C[C@H](O)[C@@H](Cc2ccccc2)NC(=O)OC(C)(C)C)C(C)C)CC1. The van der Waals surface area contributed by atoms with Gasteiger partial charge in [-0.15, -0.1) is 0 Å². The van der Waals surface area contributed by atoms with Crippen LogP contribution in [0.2, 0.25) is 0 Å². The number of benzene rings is 2. The highest BCUT2D eigenvalue weighted by Gasteiger charge is 2.35. The summed E-state index contributed by atoms with van der Waals surface area (Å²) in [5, 5.41) is 20.8. The normalized spacial score (nSPS) is 17.0. The van der Waals surface area contributed by atoms with Gasteiger partial charge in [0.2, 0.25) is 11.8 Å². The Labute approximate surface area is 263 Å². The Kier molecular flexibility index (Phi) is 13.2. The molecule has 1 fully saturated rings. The van der Waals surface area contributed by atoms with Crippen LogP contribution in [0.1, 0.15) is 65.0 Å². The smallest absolute Gasteiger partial charge is 0.407 e. The molecule has 242 valence electrons. The first-order valence-corrected chi connectivity index (χ1v) is 15.9. The largest absolute Gasteiger partial charge is 0.444 e. The number of nitrogens with one attached hydrogen (secondary N) is 3. The lowest BCUT2D eigenvalue weighted by molar-refractivity contribution is -0.139. The van der Waals surface area contributed by atoms with Crippen molar-refractivity contribution in [1.29, 1.82) is 0 Å². The summed E-state index contributed by atoms with van der Waals surface area (Å²) in [6.07, 6.45) is 0.872. The summed E-state index contributed by atoms with van der Waals surface area (Å²) in [5.74, 6) is -1.12. The zero-order chi connectivity index (χ0) is 32.3. The highest BCUT2D eigenvalue weighted by atomic mass is 16.6. The number of ether oxygens (including phenoxy) is 1. The molecule has 0 aromatic heterocycles. The average molecular weight is 609 g/mol. The number of rotatable bonds is 13. The molecule has 0 radical (unpaired) electrons. The molecular formula is C35H52N4O5. The zero-order valence-electron chi connectivity index (χ0n) is 27.2. The van der Waals surface area contributed by atoms with E-state index in [0.29, 0.717) is 32.0 Å². The van der Waals surface area contributed by atoms with Crippen molar-refractivity contribution in [3.8, 4) is 0 Å². The fourth-order valence-corrected chi connectivity index (χ4v) is 5.62. The summed E-state index contributed by atoms with van der Waals surface area (Å²) in [6, 6.07) is 18.2. The fourth-order valence-electron chi connectivity index (χ4n) is 5.62. The lowest BCUT2D eigenvalue weighted by Crippen LogP contribution is -2.55. The summed E-state index contributed by atoms with van der Waals surface area (Å²) in [4.78, 5) is 42.2. The maximum atomic E-state index is 14.0. The Morgan fingerprint density at radius 1 is 0.909 bits per heavy atom. The first-order valence-electron chi connectivity index (χ1n) is 15.9. The molecule has 2 aromatic rings. The molecule has 44 heavy (non-hydrogen) atoms. The van der Waals surface area contributed by atoms with E-state index in [1.54, 1.807) is 20.8 Å². The fraction of sp³-hybridized carbons (Fsp3) is 0.571. The molecular weight excluding hydrogens is 556 g/mol. The molecule has 2 aromatic carbocycles. The van der Waals surface area contributed by atoms with Gasteiger partial charge in [-0.1, -0.05) is 74.5 Å². The van der Waals surface area contributed by atoms with E-state index in [1.807, 2.05) is 86.5 Å². The van der Waals surface area contributed by atoms with Gasteiger partial charge in [-0.3, -0.25) is 9.59 Å². The predicted octanol–water partition coefficient (Wildman–Crippen LogP) is 4.08. The van der Waals surface area contributed by atoms with Gasteiger partial charge in [-0.25, -0.2) is 4.79 Å². The Bertz CT molecular complexity index is 1180. The van der Waals surface area contributed by atoms with Crippen LogP contribution in [0.5, 0.6) is 0 Å². The minimum atomic E-state index is -1.06. The number of amides is 3. The lowest BCUT2D eigenvalue weighted by Gasteiger charge is -2.36. The van der Waals surface area contributed by atoms with E-state index in [0.717, 1.165) is 24.0 Å². The molecule has 0 unspecified atom stereocenters. The van der Waals surface area contributed by atoms with Gasteiger partial charge >= 0.3 is 6.09 Å². The second-order valence-corrected chi connectivity index (χ2v) is 13.3. The van der Waals surface area contributed by atoms with Crippen molar-refractivity contribution in [1.82, 2.24) is 20.9 Å². The van der Waals surface area contributed by atoms with Gasteiger partial charge in [0.05, 0.1) is 12.1 Å². The van der Waals surface area contributed by atoms with E-state index < -0.39 is 35.8 Å². The van der Waals surface area contributed by atoms with Crippen molar-refractivity contribution in [2.24, 2.45) is 11.8 Å².